The lowest BCUT2D eigenvalue weighted by Crippen LogP contribution is -2.52. The lowest BCUT2D eigenvalue weighted by atomic mass is 9.73. The number of likely N-dealkylation sites (tertiary alicyclic amines) is 1. The minimum Gasteiger partial charge on any atom is -0.381 e. The Balaban J connectivity index is 1.97. The fourth-order valence-electron chi connectivity index (χ4n) is 3.36. The molecule has 0 aromatic rings. The maximum Gasteiger partial charge on any atom is 0.230 e. The topological polar surface area (TPSA) is 55.6 Å². The highest BCUT2D eigenvalue weighted by Crippen LogP contribution is 2.37. The molecule has 4 heteroatoms. The van der Waals surface area contributed by atoms with Gasteiger partial charge in [-0.05, 0) is 25.7 Å². The van der Waals surface area contributed by atoms with Crippen LogP contribution in [-0.4, -0.2) is 43.7 Å². The molecule has 1 heterocycles. The van der Waals surface area contributed by atoms with Crippen molar-refractivity contribution < 1.29 is 9.53 Å². The molecule has 1 saturated heterocycles. The van der Waals surface area contributed by atoms with E-state index in [2.05, 4.69) is 0 Å². The van der Waals surface area contributed by atoms with Crippen molar-refractivity contribution in [3.8, 4) is 0 Å². The Hall–Kier alpha value is -0.610. The number of rotatable bonds is 3. The van der Waals surface area contributed by atoms with Gasteiger partial charge in [-0.3, -0.25) is 4.79 Å². The van der Waals surface area contributed by atoms with Gasteiger partial charge in [0, 0.05) is 26.7 Å². The molecule has 2 rings (SSSR count). The number of hydrogen-bond donors (Lipinski definition) is 1. The van der Waals surface area contributed by atoms with Crippen LogP contribution in [0.1, 0.15) is 44.9 Å². The van der Waals surface area contributed by atoms with E-state index in [0.29, 0.717) is 18.6 Å². The third-order valence-electron chi connectivity index (χ3n) is 4.72. The maximum absolute atomic E-state index is 12.7. The predicted molar refractivity (Wildman–Crippen MR) is 71.2 cm³/mol. The third-order valence-corrected chi connectivity index (χ3v) is 4.72. The summed E-state index contributed by atoms with van der Waals surface area (Å²) in [7, 11) is 1.75. The van der Waals surface area contributed by atoms with E-state index in [9.17, 15) is 4.79 Å². The summed E-state index contributed by atoms with van der Waals surface area (Å²) in [6, 6.07) is 0. The van der Waals surface area contributed by atoms with Crippen molar-refractivity contribution in [3.63, 3.8) is 0 Å². The summed E-state index contributed by atoms with van der Waals surface area (Å²) in [5.41, 5.74) is 5.68. The van der Waals surface area contributed by atoms with Gasteiger partial charge >= 0.3 is 0 Å². The van der Waals surface area contributed by atoms with Gasteiger partial charge in [0.1, 0.15) is 0 Å². The molecular weight excluding hydrogens is 228 g/mol. The summed E-state index contributed by atoms with van der Waals surface area (Å²) in [6.45, 7) is 2.17. The van der Waals surface area contributed by atoms with Gasteiger partial charge < -0.3 is 15.4 Å². The largest absolute Gasteiger partial charge is 0.381 e. The van der Waals surface area contributed by atoms with Crippen LogP contribution >= 0.6 is 0 Å². The second-order valence-electron chi connectivity index (χ2n) is 5.77. The van der Waals surface area contributed by atoms with Crippen molar-refractivity contribution in [1.29, 1.82) is 0 Å². The number of amides is 1. The molecule has 0 unspecified atom stereocenters. The highest BCUT2D eigenvalue weighted by Gasteiger charge is 2.41. The fourth-order valence-corrected chi connectivity index (χ4v) is 3.36. The van der Waals surface area contributed by atoms with Gasteiger partial charge in [0.15, 0.2) is 0 Å². The maximum atomic E-state index is 12.7. The zero-order chi connectivity index (χ0) is 13.0. The van der Waals surface area contributed by atoms with Crippen molar-refractivity contribution in [1.82, 2.24) is 4.90 Å². The molecule has 0 spiro atoms. The molecule has 0 bridgehead atoms. The van der Waals surface area contributed by atoms with Crippen LogP contribution in [0.3, 0.4) is 0 Å². The van der Waals surface area contributed by atoms with Gasteiger partial charge in [-0.2, -0.15) is 0 Å². The van der Waals surface area contributed by atoms with Crippen LogP contribution in [0.2, 0.25) is 0 Å². The summed E-state index contributed by atoms with van der Waals surface area (Å²) >= 11 is 0. The Morgan fingerprint density at radius 1 is 1.28 bits per heavy atom. The van der Waals surface area contributed by atoms with E-state index >= 15 is 0 Å². The lowest BCUT2D eigenvalue weighted by molar-refractivity contribution is -0.146. The van der Waals surface area contributed by atoms with E-state index in [4.69, 9.17) is 10.5 Å². The van der Waals surface area contributed by atoms with Crippen molar-refractivity contribution >= 4 is 5.91 Å². The normalized spacial score (nSPS) is 25.1. The van der Waals surface area contributed by atoms with Crippen molar-refractivity contribution in [2.75, 3.05) is 26.7 Å². The van der Waals surface area contributed by atoms with Gasteiger partial charge in [0.2, 0.25) is 5.91 Å². The standard InChI is InChI=1S/C14H26N2O2/c1-18-12-5-9-16(10-6-12)13(17)14(11-15)7-3-2-4-8-14/h12H,2-11,15H2,1H3. The highest BCUT2D eigenvalue weighted by atomic mass is 16.5. The second kappa shape index (κ2) is 6.02. The molecule has 2 N–H and O–H groups in total. The van der Waals surface area contributed by atoms with Crippen LogP contribution in [0.25, 0.3) is 0 Å². The highest BCUT2D eigenvalue weighted by molar-refractivity contribution is 5.83. The summed E-state index contributed by atoms with van der Waals surface area (Å²) in [5.74, 6) is 0.305. The number of hydrogen-bond acceptors (Lipinski definition) is 3. The van der Waals surface area contributed by atoms with Crippen molar-refractivity contribution in [3.05, 3.63) is 0 Å². The van der Waals surface area contributed by atoms with Crippen LogP contribution in [0.4, 0.5) is 0 Å². The monoisotopic (exact) mass is 254 g/mol. The van der Waals surface area contributed by atoms with Crippen LogP contribution in [0.5, 0.6) is 0 Å². The van der Waals surface area contributed by atoms with Crippen molar-refractivity contribution in [2.24, 2.45) is 11.1 Å². The summed E-state index contributed by atoms with van der Waals surface area (Å²) in [5, 5.41) is 0. The lowest BCUT2D eigenvalue weighted by Gasteiger charge is -2.41. The molecule has 0 atom stereocenters. The Morgan fingerprint density at radius 3 is 2.39 bits per heavy atom. The van der Waals surface area contributed by atoms with Gasteiger partial charge in [0.05, 0.1) is 11.5 Å². The average molecular weight is 254 g/mol. The molecule has 1 saturated carbocycles. The van der Waals surface area contributed by atoms with Crippen molar-refractivity contribution in [2.45, 2.75) is 51.0 Å². The summed E-state index contributed by atoms with van der Waals surface area (Å²) < 4.78 is 5.35. The number of carbonyl (C=O) groups is 1. The Kier molecular flexibility index (Phi) is 4.62. The van der Waals surface area contributed by atoms with E-state index in [0.717, 1.165) is 51.6 Å². The molecule has 18 heavy (non-hydrogen) atoms. The molecule has 0 aromatic carbocycles. The number of piperidine rings is 1. The molecule has 1 aliphatic heterocycles. The molecule has 2 aliphatic rings. The fraction of sp³-hybridized carbons (Fsp3) is 0.929. The Labute approximate surface area is 110 Å². The number of nitrogens with zero attached hydrogens (tertiary/aromatic N) is 1. The second-order valence-corrected chi connectivity index (χ2v) is 5.77. The van der Waals surface area contributed by atoms with Crippen LogP contribution < -0.4 is 5.73 Å². The first-order valence-corrected chi connectivity index (χ1v) is 7.24. The van der Waals surface area contributed by atoms with Gasteiger partial charge in [-0.1, -0.05) is 19.3 Å². The first-order chi connectivity index (χ1) is 8.72. The SMILES string of the molecule is COC1CCN(C(=O)C2(CN)CCCCC2)CC1. The molecule has 2 fully saturated rings. The van der Waals surface area contributed by atoms with Gasteiger partial charge in [-0.15, -0.1) is 0 Å². The first kappa shape index (κ1) is 13.8. The number of carbonyl (C=O) groups excluding carboxylic acids is 1. The van der Waals surface area contributed by atoms with Crippen LogP contribution in [0, 0.1) is 5.41 Å². The zero-order valence-corrected chi connectivity index (χ0v) is 11.5. The molecular formula is C14H26N2O2. The number of nitrogens with two attached hydrogens (primary N) is 1. The molecule has 104 valence electrons. The van der Waals surface area contributed by atoms with E-state index in [1.807, 2.05) is 4.90 Å². The third kappa shape index (κ3) is 2.69. The number of methoxy groups -OCH3 is 1. The minimum absolute atomic E-state index is 0.252. The van der Waals surface area contributed by atoms with Gasteiger partial charge in [0.25, 0.3) is 0 Å². The van der Waals surface area contributed by atoms with Crippen LogP contribution in [0.15, 0.2) is 0 Å². The molecule has 1 aliphatic carbocycles. The van der Waals surface area contributed by atoms with E-state index in [1.165, 1.54) is 6.42 Å². The van der Waals surface area contributed by atoms with Crippen LogP contribution in [-0.2, 0) is 9.53 Å². The van der Waals surface area contributed by atoms with E-state index in [1.54, 1.807) is 7.11 Å². The minimum atomic E-state index is -0.252. The summed E-state index contributed by atoms with van der Waals surface area (Å²) in [6.07, 6.45) is 7.76. The van der Waals surface area contributed by atoms with E-state index < -0.39 is 0 Å². The van der Waals surface area contributed by atoms with E-state index in [-0.39, 0.29) is 5.41 Å². The molecule has 0 radical (unpaired) electrons. The quantitative estimate of drug-likeness (QED) is 0.831. The molecule has 4 nitrogen and oxygen atoms in total. The first-order valence-electron chi connectivity index (χ1n) is 7.24. The molecule has 1 amide bonds. The zero-order valence-electron chi connectivity index (χ0n) is 11.5. The Morgan fingerprint density at radius 2 is 1.89 bits per heavy atom. The van der Waals surface area contributed by atoms with Gasteiger partial charge in [-0.25, -0.2) is 0 Å². The molecule has 0 aromatic heterocycles. The summed E-state index contributed by atoms with van der Waals surface area (Å²) in [4.78, 5) is 14.7. The Bertz CT molecular complexity index is 280. The average Bonchev–Trinajstić information content (AvgIpc) is 2.47. The smallest absolute Gasteiger partial charge is 0.230 e. The predicted octanol–water partition coefficient (Wildman–Crippen LogP) is 1.53. The number of ether oxygens (including phenoxy) is 1.